The monoisotopic (exact) mass is 401 g/mol. The van der Waals surface area contributed by atoms with E-state index in [1.165, 1.54) is 6.26 Å². The first-order valence-electron chi connectivity index (χ1n) is 10.1. The number of ether oxygens (including phenoxy) is 3. The number of nitrogens with zero attached hydrogens (tertiary/aromatic N) is 2. The summed E-state index contributed by atoms with van der Waals surface area (Å²) in [6, 6.07) is 5.55. The van der Waals surface area contributed by atoms with E-state index < -0.39 is 0 Å². The predicted octanol–water partition coefficient (Wildman–Crippen LogP) is 2.49. The fourth-order valence-electron chi connectivity index (χ4n) is 3.79. The Labute approximate surface area is 170 Å². The third-order valence-corrected chi connectivity index (χ3v) is 5.47. The molecule has 0 unspecified atom stereocenters. The summed E-state index contributed by atoms with van der Waals surface area (Å²) in [6.07, 6.45) is 4.35. The van der Waals surface area contributed by atoms with Gasteiger partial charge in [0.05, 0.1) is 20.3 Å². The van der Waals surface area contributed by atoms with Gasteiger partial charge in [0.1, 0.15) is 12.0 Å². The van der Waals surface area contributed by atoms with Crippen LogP contribution >= 0.6 is 0 Å². The van der Waals surface area contributed by atoms with Crippen LogP contribution in [-0.4, -0.2) is 55.9 Å². The highest BCUT2D eigenvalue weighted by molar-refractivity contribution is 5.91. The molecule has 1 aromatic carbocycles. The standard InChI is InChI=1S/C21H27N3O5/c1-26-18-12-20-19(27-8-2-9-28-20)11-16(18)14-24-6-3-15(4-7-24)13-22-21(25)17-5-10-29-23-17/h5,10-12,15H,2-4,6-9,13-14H2,1H3,(H,22,25). The van der Waals surface area contributed by atoms with Gasteiger partial charge in [0.15, 0.2) is 17.2 Å². The maximum atomic E-state index is 12.0. The summed E-state index contributed by atoms with van der Waals surface area (Å²) < 4.78 is 21.9. The molecule has 8 heteroatoms. The molecule has 3 heterocycles. The molecule has 156 valence electrons. The zero-order valence-electron chi connectivity index (χ0n) is 16.7. The maximum Gasteiger partial charge on any atom is 0.273 e. The number of fused-ring (bicyclic) bond motifs is 1. The van der Waals surface area contributed by atoms with Crippen LogP contribution in [-0.2, 0) is 6.54 Å². The molecule has 1 aromatic heterocycles. The molecule has 0 bridgehead atoms. The van der Waals surface area contributed by atoms with Crippen LogP contribution in [0, 0.1) is 5.92 Å². The van der Waals surface area contributed by atoms with Gasteiger partial charge in [0, 0.05) is 37.2 Å². The minimum atomic E-state index is -0.182. The topological polar surface area (TPSA) is 86.1 Å². The quantitative estimate of drug-likeness (QED) is 0.796. The summed E-state index contributed by atoms with van der Waals surface area (Å²) in [5.41, 5.74) is 1.43. The van der Waals surface area contributed by atoms with Crippen molar-refractivity contribution >= 4 is 5.91 Å². The van der Waals surface area contributed by atoms with Crippen molar-refractivity contribution in [2.45, 2.75) is 25.8 Å². The number of hydrogen-bond donors (Lipinski definition) is 1. The molecule has 0 radical (unpaired) electrons. The number of likely N-dealkylation sites (tertiary alicyclic amines) is 1. The third kappa shape index (κ3) is 4.82. The molecule has 2 aliphatic heterocycles. The van der Waals surface area contributed by atoms with Crippen molar-refractivity contribution < 1.29 is 23.5 Å². The van der Waals surface area contributed by atoms with E-state index in [0.717, 1.165) is 61.7 Å². The van der Waals surface area contributed by atoms with Crippen molar-refractivity contribution in [1.29, 1.82) is 0 Å². The Morgan fingerprint density at radius 3 is 2.69 bits per heavy atom. The highest BCUT2D eigenvalue weighted by Crippen LogP contribution is 2.37. The number of benzene rings is 1. The van der Waals surface area contributed by atoms with Crippen LogP contribution in [0.15, 0.2) is 29.0 Å². The third-order valence-electron chi connectivity index (χ3n) is 5.47. The van der Waals surface area contributed by atoms with E-state index in [1.54, 1.807) is 13.2 Å². The summed E-state index contributed by atoms with van der Waals surface area (Å²) in [4.78, 5) is 14.4. The number of nitrogens with one attached hydrogen (secondary N) is 1. The van der Waals surface area contributed by atoms with Crippen molar-refractivity contribution in [3.05, 3.63) is 35.7 Å². The molecule has 0 spiro atoms. The van der Waals surface area contributed by atoms with Crippen molar-refractivity contribution in [3.8, 4) is 17.2 Å². The second kappa shape index (κ2) is 9.17. The first kappa shape index (κ1) is 19.6. The van der Waals surface area contributed by atoms with Gasteiger partial charge >= 0.3 is 0 Å². The minimum absolute atomic E-state index is 0.182. The first-order valence-corrected chi connectivity index (χ1v) is 10.1. The fraction of sp³-hybridized carbons (Fsp3) is 0.524. The molecule has 4 rings (SSSR count). The van der Waals surface area contributed by atoms with Crippen LogP contribution in [0.25, 0.3) is 0 Å². The Bertz CT molecular complexity index is 816. The van der Waals surface area contributed by atoms with Gasteiger partial charge in [-0.25, -0.2) is 0 Å². The summed E-state index contributed by atoms with van der Waals surface area (Å²) >= 11 is 0. The van der Waals surface area contributed by atoms with E-state index >= 15 is 0 Å². The van der Waals surface area contributed by atoms with Gasteiger partial charge in [-0.15, -0.1) is 0 Å². The molecule has 8 nitrogen and oxygen atoms in total. The number of methoxy groups -OCH3 is 1. The van der Waals surface area contributed by atoms with Crippen molar-refractivity contribution in [1.82, 2.24) is 15.4 Å². The number of rotatable bonds is 6. The molecule has 1 N–H and O–H groups in total. The minimum Gasteiger partial charge on any atom is -0.496 e. The first-order chi connectivity index (χ1) is 14.2. The van der Waals surface area contributed by atoms with Gasteiger partial charge in [-0.1, -0.05) is 5.16 Å². The molecule has 29 heavy (non-hydrogen) atoms. The number of carbonyl (C=O) groups excluding carboxylic acids is 1. The van der Waals surface area contributed by atoms with E-state index in [1.807, 2.05) is 12.1 Å². The highest BCUT2D eigenvalue weighted by atomic mass is 16.5. The lowest BCUT2D eigenvalue weighted by molar-refractivity contribution is 0.0926. The molecule has 1 fully saturated rings. The molecule has 0 saturated carbocycles. The Hall–Kier alpha value is -2.74. The molecule has 0 aliphatic carbocycles. The second-order valence-electron chi connectivity index (χ2n) is 7.48. The van der Waals surface area contributed by atoms with E-state index in [2.05, 4.69) is 15.4 Å². The molecular weight excluding hydrogens is 374 g/mol. The van der Waals surface area contributed by atoms with Crippen molar-refractivity contribution in [2.75, 3.05) is 40.0 Å². The zero-order chi connectivity index (χ0) is 20.1. The number of amides is 1. The lowest BCUT2D eigenvalue weighted by Gasteiger charge is -2.32. The van der Waals surface area contributed by atoms with Crippen LogP contribution in [0.3, 0.4) is 0 Å². The Morgan fingerprint density at radius 1 is 1.24 bits per heavy atom. The van der Waals surface area contributed by atoms with E-state index in [4.69, 9.17) is 18.7 Å². The van der Waals surface area contributed by atoms with E-state index in [-0.39, 0.29) is 5.91 Å². The van der Waals surface area contributed by atoms with Gasteiger partial charge in [-0.2, -0.15) is 0 Å². The summed E-state index contributed by atoms with van der Waals surface area (Å²) in [5.74, 6) is 2.66. The van der Waals surface area contributed by atoms with Gasteiger partial charge in [-0.3, -0.25) is 9.69 Å². The fourth-order valence-corrected chi connectivity index (χ4v) is 3.79. The molecule has 1 amide bonds. The van der Waals surface area contributed by atoms with Gasteiger partial charge in [-0.05, 0) is 37.9 Å². The lowest BCUT2D eigenvalue weighted by atomic mass is 9.96. The largest absolute Gasteiger partial charge is 0.496 e. The lowest BCUT2D eigenvalue weighted by Crippen LogP contribution is -2.38. The van der Waals surface area contributed by atoms with Crippen LogP contribution in [0.1, 0.15) is 35.3 Å². The average Bonchev–Trinajstić information content (AvgIpc) is 3.19. The molecule has 0 atom stereocenters. The van der Waals surface area contributed by atoms with Gasteiger partial charge in [0.25, 0.3) is 5.91 Å². The second-order valence-corrected chi connectivity index (χ2v) is 7.48. The predicted molar refractivity (Wildman–Crippen MR) is 105 cm³/mol. The normalized spacial score (nSPS) is 17.6. The number of piperidine rings is 1. The molecule has 1 saturated heterocycles. The Morgan fingerprint density at radius 2 is 2.00 bits per heavy atom. The SMILES string of the molecule is COc1cc2c(cc1CN1CCC(CNC(=O)c3ccon3)CC1)OCCCO2. The number of aromatic nitrogens is 1. The molecule has 2 aromatic rings. The van der Waals surface area contributed by atoms with Crippen LogP contribution in [0.4, 0.5) is 0 Å². The smallest absolute Gasteiger partial charge is 0.273 e. The zero-order valence-corrected chi connectivity index (χ0v) is 16.7. The summed E-state index contributed by atoms with van der Waals surface area (Å²) in [7, 11) is 1.69. The van der Waals surface area contributed by atoms with Crippen molar-refractivity contribution in [2.24, 2.45) is 5.92 Å². The maximum absolute atomic E-state index is 12.0. The highest BCUT2D eigenvalue weighted by Gasteiger charge is 2.23. The molecular formula is C21H27N3O5. The number of carbonyl (C=O) groups is 1. The van der Waals surface area contributed by atoms with Crippen LogP contribution < -0.4 is 19.5 Å². The van der Waals surface area contributed by atoms with E-state index in [9.17, 15) is 4.79 Å². The number of hydrogen-bond acceptors (Lipinski definition) is 7. The van der Waals surface area contributed by atoms with Crippen LogP contribution in [0.5, 0.6) is 17.2 Å². The summed E-state index contributed by atoms with van der Waals surface area (Å²) in [6.45, 7) is 4.75. The van der Waals surface area contributed by atoms with Crippen molar-refractivity contribution in [3.63, 3.8) is 0 Å². The Balaban J connectivity index is 1.30. The average molecular weight is 401 g/mol. The van der Waals surface area contributed by atoms with Gasteiger partial charge in [0.2, 0.25) is 0 Å². The van der Waals surface area contributed by atoms with E-state index in [0.29, 0.717) is 31.4 Å². The molecule has 2 aliphatic rings. The van der Waals surface area contributed by atoms with Crippen LogP contribution in [0.2, 0.25) is 0 Å². The Kier molecular flexibility index (Phi) is 6.19. The van der Waals surface area contributed by atoms with Gasteiger partial charge < -0.3 is 24.1 Å². The summed E-state index contributed by atoms with van der Waals surface area (Å²) in [5, 5.41) is 6.61.